The highest BCUT2D eigenvalue weighted by Gasteiger charge is 2.34. The van der Waals surface area contributed by atoms with Gasteiger partial charge in [0.25, 0.3) is 5.91 Å². The van der Waals surface area contributed by atoms with Gasteiger partial charge in [-0.15, -0.1) is 0 Å². The molecule has 8 heteroatoms. The van der Waals surface area contributed by atoms with Crippen molar-refractivity contribution in [1.82, 2.24) is 10.4 Å². The molecule has 1 aliphatic heterocycles. The third-order valence-electron chi connectivity index (χ3n) is 3.62. The van der Waals surface area contributed by atoms with Crippen LogP contribution in [0.3, 0.4) is 0 Å². The normalized spacial score (nSPS) is 16.8. The summed E-state index contributed by atoms with van der Waals surface area (Å²) in [7, 11) is 1.52. The summed E-state index contributed by atoms with van der Waals surface area (Å²) in [5.74, 6) is -0.932. The Morgan fingerprint density at radius 3 is 2.61 bits per heavy atom. The monoisotopic (exact) mass is 321 g/mol. The molecule has 1 aromatic rings. The number of nitrogens with two attached hydrogens (primary N) is 1. The summed E-state index contributed by atoms with van der Waals surface area (Å²) in [5, 5.41) is 0. The Morgan fingerprint density at radius 1 is 1.30 bits per heavy atom. The van der Waals surface area contributed by atoms with E-state index < -0.39 is 17.9 Å². The molecule has 1 saturated heterocycles. The molecule has 2 amide bonds. The summed E-state index contributed by atoms with van der Waals surface area (Å²) in [6.07, 6.45) is 1.22. The minimum Gasteiger partial charge on any atom is -0.497 e. The Hall–Kier alpha value is -2.61. The maximum Gasteiger partial charge on any atom is 0.362 e. The number of carbonyl (C=O) groups excluding carboxylic acids is 3. The number of nitrogens with zero attached hydrogens (tertiary/aromatic N) is 1. The number of methoxy groups -OCH3 is 1. The molecule has 3 N–H and O–H groups in total. The van der Waals surface area contributed by atoms with Gasteiger partial charge in [-0.05, 0) is 37.1 Å². The highest BCUT2D eigenvalue weighted by molar-refractivity contribution is 5.92. The van der Waals surface area contributed by atoms with Gasteiger partial charge in [-0.2, -0.15) is 5.48 Å². The van der Waals surface area contributed by atoms with Gasteiger partial charge in [-0.1, -0.05) is 0 Å². The number of hydroxylamine groups is 1. The van der Waals surface area contributed by atoms with E-state index in [1.54, 1.807) is 12.1 Å². The SMILES string of the molecule is COc1ccc(C(=O)ONC(=O)C2CCCN2C(=O)CN)cc1. The van der Waals surface area contributed by atoms with Crippen molar-refractivity contribution in [3.63, 3.8) is 0 Å². The van der Waals surface area contributed by atoms with Crippen LogP contribution in [-0.4, -0.2) is 48.9 Å². The van der Waals surface area contributed by atoms with E-state index in [0.717, 1.165) is 0 Å². The Morgan fingerprint density at radius 2 is 2.00 bits per heavy atom. The first-order chi connectivity index (χ1) is 11.1. The van der Waals surface area contributed by atoms with E-state index in [-0.39, 0.29) is 18.0 Å². The van der Waals surface area contributed by atoms with Gasteiger partial charge in [0.05, 0.1) is 19.2 Å². The predicted molar refractivity (Wildman–Crippen MR) is 80.3 cm³/mol. The molecule has 1 fully saturated rings. The van der Waals surface area contributed by atoms with E-state index in [4.69, 9.17) is 15.3 Å². The summed E-state index contributed by atoms with van der Waals surface area (Å²) in [5.41, 5.74) is 7.69. The van der Waals surface area contributed by atoms with Crippen LogP contribution in [0.25, 0.3) is 0 Å². The molecule has 8 nitrogen and oxygen atoms in total. The molecular weight excluding hydrogens is 302 g/mol. The lowest BCUT2D eigenvalue weighted by atomic mass is 10.2. The van der Waals surface area contributed by atoms with Crippen LogP contribution >= 0.6 is 0 Å². The molecule has 124 valence electrons. The first-order valence-electron chi connectivity index (χ1n) is 7.21. The lowest BCUT2D eigenvalue weighted by Gasteiger charge is -2.22. The van der Waals surface area contributed by atoms with E-state index in [2.05, 4.69) is 5.48 Å². The number of rotatable bonds is 4. The molecule has 0 aromatic heterocycles. The van der Waals surface area contributed by atoms with Crippen molar-refractivity contribution in [2.24, 2.45) is 5.73 Å². The van der Waals surface area contributed by atoms with Crippen LogP contribution in [0.4, 0.5) is 0 Å². The third kappa shape index (κ3) is 3.98. The van der Waals surface area contributed by atoms with Gasteiger partial charge in [-0.25, -0.2) is 4.79 Å². The fourth-order valence-corrected chi connectivity index (χ4v) is 2.41. The Labute approximate surface area is 133 Å². The van der Waals surface area contributed by atoms with E-state index in [9.17, 15) is 14.4 Å². The first-order valence-corrected chi connectivity index (χ1v) is 7.21. The van der Waals surface area contributed by atoms with E-state index in [1.165, 1.54) is 24.1 Å². The fraction of sp³-hybridized carbons (Fsp3) is 0.400. The topological polar surface area (TPSA) is 111 Å². The highest BCUT2D eigenvalue weighted by Crippen LogP contribution is 2.17. The molecular formula is C15H19N3O5. The van der Waals surface area contributed by atoms with Gasteiger partial charge in [0.2, 0.25) is 5.91 Å². The van der Waals surface area contributed by atoms with Crippen LogP contribution in [0.2, 0.25) is 0 Å². The summed E-state index contributed by atoms with van der Waals surface area (Å²) in [6.45, 7) is 0.315. The summed E-state index contributed by atoms with van der Waals surface area (Å²) < 4.78 is 4.99. The van der Waals surface area contributed by atoms with Gasteiger partial charge in [0.1, 0.15) is 11.8 Å². The predicted octanol–water partition coefficient (Wildman–Crippen LogP) is -0.167. The average Bonchev–Trinajstić information content (AvgIpc) is 3.08. The summed E-state index contributed by atoms with van der Waals surface area (Å²) >= 11 is 0. The van der Waals surface area contributed by atoms with E-state index >= 15 is 0 Å². The van der Waals surface area contributed by atoms with Crippen molar-refractivity contribution >= 4 is 17.8 Å². The Kier molecular flexibility index (Phi) is 5.53. The molecule has 23 heavy (non-hydrogen) atoms. The zero-order chi connectivity index (χ0) is 16.8. The van der Waals surface area contributed by atoms with Crippen molar-refractivity contribution in [2.45, 2.75) is 18.9 Å². The first kappa shape index (κ1) is 16.8. The van der Waals surface area contributed by atoms with E-state index in [0.29, 0.717) is 25.1 Å². The average molecular weight is 321 g/mol. The number of benzene rings is 1. The molecule has 1 aromatic carbocycles. The Balaban J connectivity index is 1.90. The zero-order valence-electron chi connectivity index (χ0n) is 12.8. The van der Waals surface area contributed by atoms with Crippen LogP contribution in [0, 0.1) is 0 Å². The van der Waals surface area contributed by atoms with Gasteiger partial charge in [0, 0.05) is 6.54 Å². The molecule has 2 rings (SSSR count). The highest BCUT2D eigenvalue weighted by atomic mass is 16.7. The largest absolute Gasteiger partial charge is 0.497 e. The summed E-state index contributed by atoms with van der Waals surface area (Å²) in [4.78, 5) is 41.8. The molecule has 1 atom stereocenters. The smallest absolute Gasteiger partial charge is 0.362 e. The third-order valence-corrected chi connectivity index (χ3v) is 3.62. The number of hydrogen-bond acceptors (Lipinski definition) is 6. The number of likely N-dealkylation sites (tertiary alicyclic amines) is 1. The molecule has 0 bridgehead atoms. The number of amides is 2. The maximum atomic E-state index is 12.1. The van der Waals surface area contributed by atoms with E-state index in [1.807, 2.05) is 0 Å². The summed E-state index contributed by atoms with van der Waals surface area (Å²) in [6, 6.07) is 5.60. The van der Waals surface area contributed by atoms with Gasteiger partial charge >= 0.3 is 5.97 Å². The molecule has 0 spiro atoms. The molecule has 1 heterocycles. The lowest BCUT2D eigenvalue weighted by molar-refractivity contribution is -0.142. The molecule has 0 aliphatic carbocycles. The van der Waals surface area contributed by atoms with Crippen LogP contribution in [0.5, 0.6) is 5.75 Å². The second kappa shape index (κ2) is 7.59. The standard InChI is InChI=1S/C15H19N3O5/c1-22-11-6-4-10(5-7-11)15(21)23-17-14(20)12-3-2-8-18(12)13(19)9-16/h4-7,12H,2-3,8-9,16H2,1H3,(H,17,20). The Bertz CT molecular complexity index is 587. The number of hydrogen-bond donors (Lipinski definition) is 2. The van der Waals surface area contributed by atoms with Crippen LogP contribution in [0.15, 0.2) is 24.3 Å². The van der Waals surface area contributed by atoms with Crippen molar-refractivity contribution in [3.05, 3.63) is 29.8 Å². The molecule has 1 unspecified atom stereocenters. The van der Waals surface area contributed by atoms with Gasteiger partial charge in [0.15, 0.2) is 0 Å². The minimum atomic E-state index is -0.698. The maximum absolute atomic E-state index is 12.1. The van der Waals surface area contributed by atoms with Crippen LogP contribution < -0.4 is 16.0 Å². The second-order valence-corrected chi connectivity index (χ2v) is 5.03. The van der Waals surface area contributed by atoms with Gasteiger partial charge < -0.3 is 20.2 Å². The number of carbonyl (C=O) groups is 3. The second-order valence-electron chi connectivity index (χ2n) is 5.03. The lowest BCUT2D eigenvalue weighted by Crippen LogP contribution is -2.48. The van der Waals surface area contributed by atoms with Crippen LogP contribution in [-0.2, 0) is 14.4 Å². The van der Waals surface area contributed by atoms with Crippen LogP contribution in [0.1, 0.15) is 23.2 Å². The fourth-order valence-electron chi connectivity index (χ4n) is 2.41. The number of nitrogens with one attached hydrogen (secondary N) is 1. The van der Waals surface area contributed by atoms with Crippen molar-refractivity contribution in [2.75, 3.05) is 20.2 Å². The molecule has 0 radical (unpaired) electrons. The number of ether oxygens (including phenoxy) is 1. The van der Waals surface area contributed by atoms with Crippen molar-refractivity contribution in [1.29, 1.82) is 0 Å². The quantitative estimate of drug-likeness (QED) is 0.745. The zero-order valence-corrected chi connectivity index (χ0v) is 12.8. The minimum absolute atomic E-state index is 0.157. The van der Waals surface area contributed by atoms with Crippen molar-refractivity contribution in [3.8, 4) is 5.75 Å². The molecule has 1 aliphatic rings. The van der Waals surface area contributed by atoms with Crippen molar-refractivity contribution < 1.29 is 24.0 Å². The molecule has 0 saturated carbocycles. The van der Waals surface area contributed by atoms with Gasteiger partial charge in [-0.3, -0.25) is 9.59 Å².